The average molecular weight is 386 g/mol. The van der Waals surface area contributed by atoms with E-state index in [1.165, 1.54) is 5.56 Å². The highest BCUT2D eigenvalue weighted by Gasteiger charge is 2.27. The lowest BCUT2D eigenvalue weighted by molar-refractivity contribution is -0.120. The van der Waals surface area contributed by atoms with Crippen LogP contribution in [-0.2, 0) is 4.79 Å². The second-order valence-corrected chi connectivity index (χ2v) is 7.69. The zero-order valence-corrected chi connectivity index (χ0v) is 16.9. The molecule has 4 rings (SSSR count). The van der Waals surface area contributed by atoms with E-state index in [1.54, 1.807) is 6.20 Å². The Morgan fingerprint density at radius 1 is 1.07 bits per heavy atom. The highest BCUT2D eigenvalue weighted by molar-refractivity contribution is 5.93. The highest BCUT2D eigenvalue weighted by Crippen LogP contribution is 2.25. The summed E-state index contributed by atoms with van der Waals surface area (Å²) in [4.78, 5) is 24.3. The van der Waals surface area contributed by atoms with Gasteiger partial charge in [0.2, 0.25) is 5.91 Å². The fourth-order valence-electron chi connectivity index (χ4n) is 3.71. The lowest BCUT2D eigenvalue weighted by Gasteiger charge is -2.33. The molecule has 0 spiro atoms. The van der Waals surface area contributed by atoms with Gasteiger partial charge in [0.25, 0.3) is 0 Å². The van der Waals surface area contributed by atoms with Crippen molar-refractivity contribution in [3.8, 4) is 11.4 Å². The Morgan fingerprint density at radius 3 is 2.66 bits per heavy atom. The van der Waals surface area contributed by atoms with Crippen LogP contribution in [0.2, 0.25) is 0 Å². The van der Waals surface area contributed by atoms with E-state index >= 15 is 0 Å². The number of hydrogen-bond acceptors (Lipinski definition) is 4. The Kier molecular flexibility index (Phi) is 5.56. The van der Waals surface area contributed by atoms with Gasteiger partial charge in [0.05, 0.1) is 5.92 Å². The number of para-hydroxylation sites is 1. The number of piperidine rings is 1. The normalized spacial score (nSPS) is 16.5. The summed E-state index contributed by atoms with van der Waals surface area (Å²) >= 11 is 0. The smallest absolute Gasteiger partial charge is 0.229 e. The molecule has 29 heavy (non-hydrogen) atoms. The van der Waals surface area contributed by atoms with Crippen molar-refractivity contribution in [2.45, 2.75) is 26.7 Å². The first-order valence-corrected chi connectivity index (χ1v) is 10.1. The minimum Gasteiger partial charge on any atom is -0.356 e. The Morgan fingerprint density at radius 2 is 1.86 bits per heavy atom. The molecule has 0 saturated carbocycles. The fraction of sp³-hybridized carbons (Fsp3) is 0.292. The van der Waals surface area contributed by atoms with Gasteiger partial charge in [0, 0.05) is 30.5 Å². The van der Waals surface area contributed by atoms with Crippen LogP contribution in [-0.4, -0.2) is 29.0 Å². The van der Waals surface area contributed by atoms with Gasteiger partial charge in [0.15, 0.2) is 5.82 Å². The molecule has 1 saturated heterocycles. The minimum atomic E-state index is -0.0545. The number of benzene rings is 2. The maximum absolute atomic E-state index is 12.8. The SMILES string of the molecule is Cc1ccc(-c2nccc(N3CCCC(C(=O)Nc4ccccc4C)C3)n2)cc1. The van der Waals surface area contributed by atoms with Crippen molar-refractivity contribution >= 4 is 17.4 Å². The molecular formula is C24H26N4O. The molecule has 1 N–H and O–H groups in total. The fourth-order valence-corrected chi connectivity index (χ4v) is 3.71. The Labute approximate surface area is 171 Å². The van der Waals surface area contributed by atoms with Crippen LogP contribution in [0, 0.1) is 19.8 Å². The first-order valence-electron chi connectivity index (χ1n) is 10.1. The van der Waals surface area contributed by atoms with E-state index in [1.807, 2.05) is 49.4 Å². The molecule has 5 nitrogen and oxygen atoms in total. The van der Waals surface area contributed by atoms with Gasteiger partial charge < -0.3 is 10.2 Å². The van der Waals surface area contributed by atoms with Crippen LogP contribution in [0.1, 0.15) is 24.0 Å². The van der Waals surface area contributed by atoms with Crippen molar-refractivity contribution in [1.29, 1.82) is 0 Å². The number of aryl methyl sites for hydroxylation is 2. The van der Waals surface area contributed by atoms with E-state index in [0.29, 0.717) is 12.4 Å². The lowest BCUT2D eigenvalue weighted by atomic mass is 9.97. The van der Waals surface area contributed by atoms with Crippen LogP contribution in [0.25, 0.3) is 11.4 Å². The summed E-state index contributed by atoms with van der Waals surface area (Å²) in [7, 11) is 0. The predicted molar refractivity (Wildman–Crippen MR) is 117 cm³/mol. The van der Waals surface area contributed by atoms with Crippen molar-refractivity contribution < 1.29 is 4.79 Å². The van der Waals surface area contributed by atoms with Gasteiger partial charge in [-0.15, -0.1) is 0 Å². The van der Waals surface area contributed by atoms with E-state index in [9.17, 15) is 4.79 Å². The average Bonchev–Trinajstić information content (AvgIpc) is 2.76. The summed E-state index contributed by atoms with van der Waals surface area (Å²) < 4.78 is 0. The van der Waals surface area contributed by atoms with Crippen LogP contribution in [0.5, 0.6) is 0 Å². The summed E-state index contributed by atoms with van der Waals surface area (Å²) in [5, 5.41) is 3.10. The van der Waals surface area contributed by atoms with E-state index < -0.39 is 0 Å². The van der Waals surface area contributed by atoms with Gasteiger partial charge in [-0.05, 0) is 44.4 Å². The van der Waals surface area contributed by atoms with Crippen molar-refractivity contribution in [2.75, 3.05) is 23.3 Å². The topological polar surface area (TPSA) is 58.1 Å². The van der Waals surface area contributed by atoms with Crippen LogP contribution in [0.15, 0.2) is 60.8 Å². The summed E-state index contributed by atoms with van der Waals surface area (Å²) in [6.45, 7) is 5.65. The molecule has 0 aliphatic carbocycles. The molecule has 1 unspecified atom stereocenters. The number of aromatic nitrogens is 2. The third kappa shape index (κ3) is 4.45. The summed E-state index contributed by atoms with van der Waals surface area (Å²) in [5.74, 6) is 1.62. The molecule has 1 aliphatic heterocycles. The molecule has 148 valence electrons. The third-order valence-corrected chi connectivity index (χ3v) is 5.47. The van der Waals surface area contributed by atoms with Crippen LogP contribution in [0.4, 0.5) is 11.5 Å². The maximum atomic E-state index is 12.8. The van der Waals surface area contributed by atoms with Gasteiger partial charge in [0.1, 0.15) is 5.82 Å². The number of rotatable bonds is 4. The van der Waals surface area contributed by atoms with Crippen molar-refractivity contribution in [3.63, 3.8) is 0 Å². The van der Waals surface area contributed by atoms with E-state index in [-0.39, 0.29) is 11.8 Å². The Balaban J connectivity index is 1.48. The van der Waals surface area contributed by atoms with Crippen LogP contribution < -0.4 is 10.2 Å². The first-order chi connectivity index (χ1) is 14.1. The first kappa shape index (κ1) is 19.1. The van der Waals surface area contributed by atoms with E-state index in [4.69, 9.17) is 4.98 Å². The van der Waals surface area contributed by atoms with Crippen molar-refractivity contribution in [1.82, 2.24) is 9.97 Å². The summed E-state index contributed by atoms with van der Waals surface area (Å²) in [6.07, 6.45) is 3.66. The number of amides is 1. The van der Waals surface area contributed by atoms with Crippen molar-refractivity contribution in [3.05, 3.63) is 71.9 Å². The molecule has 5 heteroatoms. The molecule has 1 amide bonds. The molecule has 1 aliphatic rings. The lowest BCUT2D eigenvalue weighted by Crippen LogP contribution is -2.41. The second-order valence-electron chi connectivity index (χ2n) is 7.69. The monoisotopic (exact) mass is 386 g/mol. The largest absolute Gasteiger partial charge is 0.356 e. The second kappa shape index (κ2) is 8.43. The Hall–Kier alpha value is -3.21. The quantitative estimate of drug-likeness (QED) is 0.711. The zero-order chi connectivity index (χ0) is 20.2. The van der Waals surface area contributed by atoms with Crippen LogP contribution in [0.3, 0.4) is 0 Å². The maximum Gasteiger partial charge on any atom is 0.229 e. The van der Waals surface area contributed by atoms with Gasteiger partial charge in [-0.1, -0.05) is 48.0 Å². The number of nitrogens with zero attached hydrogens (tertiary/aromatic N) is 3. The predicted octanol–water partition coefficient (Wildman–Crippen LogP) is 4.62. The van der Waals surface area contributed by atoms with Gasteiger partial charge in [-0.3, -0.25) is 4.79 Å². The molecule has 0 bridgehead atoms. The van der Waals surface area contributed by atoms with Gasteiger partial charge in [-0.25, -0.2) is 9.97 Å². The molecule has 0 radical (unpaired) electrons. The summed E-state index contributed by atoms with van der Waals surface area (Å²) in [6, 6.07) is 18.0. The third-order valence-electron chi connectivity index (χ3n) is 5.47. The molecule has 2 aromatic carbocycles. The van der Waals surface area contributed by atoms with E-state index in [0.717, 1.165) is 42.0 Å². The number of nitrogens with one attached hydrogen (secondary N) is 1. The van der Waals surface area contributed by atoms with Crippen molar-refractivity contribution in [2.24, 2.45) is 5.92 Å². The van der Waals surface area contributed by atoms with Crippen LogP contribution >= 0.6 is 0 Å². The molecule has 2 heterocycles. The number of hydrogen-bond donors (Lipinski definition) is 1. The number of carbonyl (C=O) groups excluding carboxylic acids is 1. The van der Waals surface area contributed by atoms with Gasteiger partial charge in [-0.2, -0.15) is 0 Å². The minimum absolute atomic E-state index is 0.0545. The van der Waals surface area contributed by atoms with E-state index in [2.05, 4.69) is 34.3 Å². The molecular weight excluding hydrogens is 360 g/mol. The number of anilines is 2. The summed E-state index contributed by atoms with van der Waals surface area (Å²) in [5.41, 5.74) is 4.18. The highest BCUT2D eigenvalue weighted by atomic mass is 16.1. The molecule has 1 aromatic heterocycles. The molecule has 3 aromatic rings. The Bertz CT molecular complexity index is 1000. The molecule has 1 fully saturated rings. The zero-order valence-electron chi connectivity index (χ0n) is 16.9. The van der Waals surface area contributed by atoms with Gasteiger partial charge >= 0.3 is 0 Å². The number of carbonyl (C=O) groups is 1. The standard InChI is InChI=1S/C24H26N4O/c1-17-9-11-19(12-10-17)23-25-14-13-22(27-23)28-15-5-7-20(16-28)24(29)26-21-8-4-3-6-18(21)2/h3-4,6,8-14,20H,5,7,15-16H2,1-2H3,(H,26,29). The molecule has 1 atom stereocenters.